The topological polar surface area (TPSA) is 66.8 Å². The van der Waals surface area contributed by atoms with Gasteiger partial charge in [-0.05, 0) is 30.7 Å². The Balaban J connectivity index is 2.13. The highest BCUT2D eigenvalue weighted by molar-refractivity contribution is 5.77. The molecule has 26 heavy (non-hydrogen) atoms. The van der Waals surface area contributed by atoms with E-state index in [9.17, 15) is 15.0 Å². The molecule has 2 N–H and O–H groups in total. The molecule has 0 aromatic heterocycles. The van der Waals surface area contributed by atoms with E-state index >= 15 is 0 Å². The van der Waals surface area contributed by atoms with Crippen LogP contribution in [0.25, 0.3) is 0 Å². The van der Waals surface area contributed by atoms with Crippen molar-refractivity contribution in [3.8, 4) is 0 Å². The number of aliphatic hydroxyl groups is 2. The van der Waals surface area contributed by atoms with E-state index in [-0.39, 0.29) is 34.5 Å². The molecule has 1 aliphatic rings. The van der Waals surface area contributed by atoms with E-state index < -0.39 is 12.1 Å². The Bertz CT molecular complexity index is 662. The van der Waals surface area contributed by atoms with E-state index in [1.54, 1.807) is 26.2 Å². The predicted octanol–water partition coefficient (Wildman–Crippen LogP) is 2.85. The normalized spacial score (nSPS) is 23.7. The second-order valence-corrected chi connectivity index (χ2v) is 8.52. The Morgan fingerprint density at radius 3 is 2.35 bits per heavy atom. The van der Waals surface area contributed by atoms with E-state index in [4.69, 9.17) is 4.84 Å². The minimum atomic E-state index is -0.940. The van der Waals surface area contributed by atoms with Crippen LogP contribution in [0, 0.1) is 17.3 Å². The van der Waals surface area contributed by atoms with Crippen molar-refractivity contribution in [2.75, 3.05) is 20.7 Å². The highest BCUT2D eigenvalue weighted by Gasteiger charge is 2.63. The third-order valence-corrected chi connectivity index (χ3v) is 5.49. The number of hydroxylamine groups is 3. The number of allylic oxidation sites excluding steroid dienone is 2. The third kappa shape index (κ3) is 4.17. The minimum Gasteiger partial charge on any atom is -0.390 e. The first-order valence-electron chi connectivity index (χ1n) is 9.08. The number of likely N-dealkylation sites (N-methyl/N-ethyl adjacent to an activating group) is 1. The average Bonchev–Trinajstić information content (AvgIpc) is 3.07. The molecule has 0 heterocycles. The minimum absolute atomic E-state index is 0.138. The molecule has 1 aromatic carbocycles. The maximum atomic E-state index is 12.8. The van der Waals surface area contributed by atoms with Crippen LogP contribution in [0.1, 0.15) is 39.4 Å². The summed E-state index contributed by atoms with van der Waals surface area (Å²) in [5.41, 5.74) is 1.73. The maximum absolute atomic E-state index is 12.8. The fourth-order valence-corrected chi connectivity index (χ4v) is 3.66. The first kappa shape index (κ1) is 20.6. The molecule has 5 heteroatoms. The SMILES string of the molecule is CC(C)=C[C@H]1[C@H](C(=O)O[N+](C)(C)[C@@H](CO)[C@@H](O)c2ccccc2)C1(C)C. The highest BCUT2D eigenvalue weighted by atomic mass is 16.7. The summed E-state index contributed by atoms with van der Waals surface area (Å²) in [4.78, 5) is 18.5. The molecule has 1 aliphatic carbocycles. The van der Waals surface area contributed by atoms with Crippen LogP contribution in [0.4, 0.5) is 0 Å². The van der Waals surface area contributed by atoms with Crippen molar-refractivity contribution in [2.45, 2.75) is 39.8 Å². The van der Waals surface area contributed by atoms with Gasteiger partial charge in [0.1, 0.15) is 26.8 Å². The maximum Gasteiger partial charge on any atom is 0.370 e. The van der Waals surface area contributed by atoms with Gasteiger partial charge in [0.25, 0.3) is 0 Å². The molecular weight excluding hydrogens is 330 g/mol. The first-order chi connectivity index (χ1) is 12.0. The number of rotatable bonds is 7. The average molecular weight is 362 g/mol. The van der Waals surface area contributed by atoms with Crippen molar-refractivity contribution in [3.63, 3.8) is 0 Å². The van der Waals surface area contributed by atoms with Crippen LogP contribution in [0.5, 0.6) is 0 Å². The summed E-state index contributed by atoms with van der Waals surface area (Å²) in [6.45, 7) is 7.86. The van der Waals surface area contributed by atoms with Crippen LogP contribution in [-0.2, 0) is 9.63 Å². The number of benzene rings is 1. The smallest absolute Gasteiger partial charge is 0.370 e. The van der Waals surface area contributed by atoms with Crippen LogP contribution >= 0.6 is 0 Å². The molecule has 0 aliphatic heterocycles. The zero-order valence-corrected chi connectivity index (χ0v) is 16.6. The fourth-order valence-electron chi connectivity index (χ4n) is 3.66. The molecule has 5 nitrogen and oxygen atoms in total. The third-order valence-electron chi connectivity index (χ3n) is 5.49. The largest absolute Gasteiger partial charge is 0.390 e. The molecule has 4 atom stereocenters. The lowest BCUT2D eigenvalue weighted by molar-refractivity contribution is -1.08. The Kier molecular flexibility index (Phi) is 5.95. The number of hydrogen-bond donors (Lipinski definition) is 2. The van der Waals surface area contributed by atoms with E-state index in [0.717, 1.165) is 0 Å². The summed E-state index contributed by atoms with van der Waals surface area (Å²) in [6, 6.07) is 8.44. The molecular formula is C21H32NO4+. The molecule has 144 valence electrons. The van der Waals surface area contributed by atoms with Gasteiger partial charge >= 0.3 is 5.97 Å². The molecule has 0 unspecified atom stereocenters. The van der Waals surface area contributed by atoms with Crippen molar-refractivity contribution in [3.05, 3.63) is 47.5 Å². The van der Waals surface area contributed by atoms with Crippen molar-refractivity contribution < 1.29 is 24.5 Å². The number of nitrogens with zero attached hydrogens (tertiary/aromatic N) is 1. The van der Waals surface area contributed by atoms with Crippen LogP contribution in [0.2, 0.25) is 0 Å². The van der Waals surface area contributed by atoms with Gasteiger partial charge in [-0.2, -0.15) is 0 Å². The first-order valence-corrected chi connectivity index (χ1v) is 9.08. The lowest BCUT2D eigenvalue weighted by Crippen LogP contribution is -2.54. The summed E-state index contributed by atoms with van der Waals surface area (Å²) in [5.74, 6) is -0.337. The molecule has 1 saturated carbocycles. The van der Waals surface area contributed by atoms with Crippen LogP contribution in [0.3, 0.4) is 0 Å². The fraction of sp³-hybridized carbons (Fsp3) is 0.571. The second kappa shape index (κ2) is 7.51. The van der Waals surface area contributed by atoms with Crippen molar-refractivity contribution in [1.82, 2.24) is 0 Å². The van der Waals surface area contributed by atoms with Gasteiger partial charge in [-0.15, -0.1) is 4.65 Å². The Morgan fingerprint density at radius 2 is 1.85 bits per heavy atom. The number of carbonyl (C=O) groups excluding carboxylic acids is 1. The summed E-state index contributed by atoms with van der Waals surface area (Å²) in [6.07, 6.45) is 1.18. The second-order valence-electron chi connectivity index (χ2n) is 8.52. The van der Waals surface area contributed by atoms with Gasteiger partial charge in [0.2, 0.25) is 0 Å². The monoisotopic (exact) mass is 362 g/mol. The van der Waals surface area contributed by atoms with Crippen molar-refractivity contribution in [2.24, 2.45) is 17.3 Å². The van der Waals surface area contributed by atoms with E-state index in [1.165, 1.54) is 5.57 Å². The Labute approximate surface area is 156 Å². The van der Waals surface area contributed by atoms with E-state index in [1.807, 2.05) is 32.0 Å². The van der Waals surface area contributed by atoms with Gasteiger partial charge in [0, 0.05) is 0 Å². The number of quaternary nitrogens is 1. The van der Waals surface area contributed by atoms with Gasteiger partial charge in [-0.3, -0.25) is 4.84 Å². The molecule has 0 bridgehead atoms. The lowest BCUT2D eigenvalue weighted by Gasteiger charge is -2.36. The number of hydrogen-bond acceptors (Lipinski definition) is 4. The highest BCUT2D eigenvalue weighted by Crippen LogP contribution is 2.60. The molecule has 2 rings (SSSR count). The van der Waals surface area contributed by atoms with Gasteiger partial charge in [-0.25, -0.2) is 4.79 Å². The van der Waals surface area contributed by atoms with Crippen LogP contribution < -0.4 is 0 Å². The van der Waals surface area contributed by atoms with Gasteiger partial charge in [0.05, 0.1) is 5.92 Å². The quantitative estimate of drug-likeness (QED) is 0.445. The summed E-state index contributed by atoms with van der Waals surface area (Å²) in [7, 11) is 3.38. The van der Waals surface area contributed by atoms with E-state index in [0.29, 0.717) is 5.56 Å². The molecule has 1 aromatic rings. The molecule has 0 saturated heterocycles. The van der Waals surface area contributed by atoms with Crippen molar-refractivity contribution >= 4 is 5.97 Å². The zero-order chi connectivity index (χ0) is 19.7. The lowest BCUT2D eigenvalue weighted by atomic mass is 10.0. The summed E-state index contributed by atoms with van der Waals surface area (Å²) < 4.78 is -0.237. The van der Waals surface area contributed by atoms with Crippen LogP contribution in [-0.4, -0.2) is 47.6 Å². The Hall–Kier alpha value is -1.69. The zero-order valence-electron chi connectivity index (χ0n) is 16.6. The van der Waals surface area contributed by atoms with Gasteiger partial charge in [0.15, 0.2) is 6.04 Å². The Morgan fingerprint density at radius 1 is 1.27 bits per heavy atom. The molecule has 0 spiro atoms. The van der Waals surface area contributed by atoms with Gasteiger partial charge < -0.3 is 10.2 Å². The van der Waals surface area contributed by atoms with Crippen molar-refractivity contribution in [1.29, 1.82) is 0 Å². The predicted molar refractivity (Wildman–Crippen MR) is 101 cm³/mol. The molecule has 0 amide bonds. The van der Waals surface area contributed by atoms with Gasteiger partial charge in [-0.1, -0.05) is 55.8 Å². The number of aliphatic hydroxyl groups excluding tert-OH is 2. The van der Waals surface area contributed by atoms with Crippen LogP contribution in [0.15, 0.2) is 42.0 Å². The summed E-state index contributed by atoms with van der Waals surface area (Å²) >= 11 is 0. The standard InChI is InChI=1S/C21H32NO4/c1-14(2)12-16-18(21(16,3)4)20(25)26-22(5,6)17(13-23)19(24)15-10-8-7-9-11-15/h7-12,16-19,23-24H,13H2,1-6H3/q+1/t16-,17-,18+,19-/m0/s1. The number of carbonyl (C=O) groups is 1. The molecule has 1 fully saturated rings. The summed E-state index contributed by atoms with van der Waals surface area (Å²) in [5, 5.41) is 20.5. The molecule has 0 radical (unpaired) electrons. The van der Waals surface area contributed by atoms with E-state index in [2.05, 4.69) is 19.9 Å².